The molecule has 0 aliphatic rings. The van der Waals surface area contributed by atoms with Crippen molar-refractivity contribution in [3.05, 3.63) is 33.8 Å². The van der Waals surface area contributed by atoms with Crippen molar-refractivity contribution in [3.63, 3.8) is 0 Å². The van der Waals surface area contributed by atoms with Crippen LogP contribution in [-0.4, -0.2) is 5.11 Å². The Hall–Kier alpha value is -0.410. The van der Waals surface area contributed by atoms with Gasteiger partial charge in [-0.05, 0) is 11.6 Å². The number of halogens is 3. The number of hydrogen-bond acceptors (Lipinski definition) is 2. The molecule has 3 N–H and O–H groups in total. The van der Waals surface area contributed by atoms with Crippen LogP contribution in [0.1, 0.15) is 11.1 Å². The Labute approximate surface area is 96.9 Å². The number of aromatic hydroxyl groups is 1. The van der Waals surface area contributed by atoms with Gasteiger partial charge < -0.3 is 10.8 Å². The molecule has 0 radical (unpaired) electrons. The second-order valence-corrected chi connectivity index (χ2v) is 3.95. The summed E-state index contributed by atoms with van der Waals surface area (Å²) in [7, 11) is 0. The van der Waals surface area contributed by atoms with Crippen LogP contribution in [0.15, 0.2) is 22.7 Å². The van der Waals surface area contributed by atoms with Crippen LogP contribution in [0.3, 0.4) is 0 Å². The quantitative estimate of drug-likeness (QED) is 0.849. The van der Waals surface area contributed by atoms with Gasteiger partial charge in [-0.25, -0.2) is 0 Å². The van der Waals surface area contributed by atoms with E-state index in [0.717, 1.165) is 0 Å². The minimum atomic E-state index is -0.0356. The van der Waals surface area contributed by atoms with Crippen molar-refractivity contribution < 1.29 is 5.11 Å². The molecule has 0 aliphatic heterocycles. The lowest BCUT2D eigenvalue weighted by Crippen LogP contribution is -1.96. The highest BCUT2D eigenvalue weighted by molar-refractivity contribution is 6.66. The maximum atomic E-state index is 9.47. The third-order valence-electron chi connectivity index (χ3n) is 1.72. The lowest BCUT2D eigenvalue weighted by molar-refractivity contribution is 0.468. The molecule has 76 valence electrons. The summed E-state index contributed by atoms with van der Waals surface area (Å²) in [6, 6.07) is 4.83. The zero-order valence-electron chi connectivity index (χ0n) is 7.10. The first kappa shape index (κ1) is 11.7. The van der Waals surface area contributed by atoms with Crippen LogP contribution in [0.25, 0.3) is 5.03 Å². The van der Waals surface area contributed by atoms with Crippen molar-refractivity contribution in [2.45, 2.75) is 6.54 Å². The molecule has 0 fully saturated rings. The smallest absolute Gasteiger partial charge is 0.126 e. The normalized spacial score (nSPS) is 10.0. The van der Waals surface area contributed by atoms with Gasteiger partial charge in [0.05, 0.1) is 5.03 Å². The molecule has 1 aromatic carbocycles. The number of phenols is 1. The third-order valence-corrected chi connectivity index (χ3v) is 2.70. The van der Waals surface area contributed by atoms with Crippen molar-refractivity contribution in [1.29, 1.82) is 0 Å². The minimum absolute atomic E-state index is 0.0356. The largest absolute Gasteiger partial charge is 0.508 e. The average Bonchev–Trinajstić information content (AvgIpc) is 2.16. The van der Waals surface area contributed by atoms with Crippen LogP contribution in [0.4, 0.5) is 0 Å². The van der Waals surface area contributed by atoms with Gasteiger partial charge in [-0.15, -0.1) is 0 Å². The second kappa shape index (κ2) is 4.89. The second-order valence-electron chi connectivity index (χ2n) is 2.62. The van der Waals surface area contributed by atoms with E-state index in [0.29, 0.717) is 11.1 Å². The van der Waals surface area contributed by atoms with Crippen molar-refractivity contribution in [2.75, 3.05) is 0 Å². The first-order chi connectivity index (χ1) is 6.56. The van der Waals surface area contributed by atoms with E-state index in [9.17, 15) is 5.11 Å². The van der Waals surface area contributed by atoms with E-state index in [-0.39, 0.29) is 21.8 Å². The Morgan fingerprint density at radius 3 is 2.36 bits per heavy atom. The first-order valence-corrected chi connectivity index (χ1v) is 4.92. The van der Waals surface area contributed by atoms with Gasteiger partial charge in [-0.3, -0.25) is 0 Å². The minimum Gasteiger partial charge on any atom is -0.508 e. The Morgan fingerprint density at radius 1 is 1.29 bits per heavy atom. The molecule has 14 heavy (non-hydrogen) atoms. The molecule has 0 saturated heterocycles. The van der Waals surface area contributed by atoms with Crippen LogP contribution in [0.5, 0.6) is 5.75 Å². The lowest BCUT2D eigenvalue weighted by Gasteiger charge is -2.04. The van der Waals surface area contributed by atoms with Gasteiger partial charge in [-0.2, -0.15) is 0 Å². The Kier molecular flexibility index (Phi) is 4.08. The van der Waals surface area contributed by atoms with Crippen molar-refractivity contribution >= 4 is 39.8 Å². The molecule has 0 heterocycles. The Morgan fingerprint density at radius 2 is 1.93 bits per heavy atom. The molecular weight excluding hydrogens is 244 g/mol. The SMILES string of the molecule is NCc1ccc(C(Cl)=C(Cl)Cl)cc1O. The van der Waals surface area contributed by atoms with Gasteiger partial charge in [0.2, 0.25) is 0 Å². The summed E-state index contributed by atoms with van der Waals surface area (Å²) in [4.78, 5) is 0. The van der Waals surface area contributed by atoms with E-state index in [4.69, 9.17) is 40.5 Å². The van der Waals surface area contributed by atoms with Gasteiger partial charge in [0.1, 0.15) is 10.2 Å². The van der Waals surface area contributed by atoms with Gasteiger partial charge in [0.25, 0.3) is 0 Å². The number of rotatable bonds is 2. The molecule has 0 unspecified atom stereocenters. The molecule has 1 rings (SSSR count). The third kappa shape index (κ3) is 2.55. The fraction of sp³-hybridized carbons (Fsp3) is 0.111. The number of benzene rings is 1. The summed E-state index contributed by atoms with van der Waals surface area (Å²) in [6.07, 6.45) is 0. The fourth-order valence-corrected chi connectivity index (χ4v) is 1.32. The lowest BCUT2D eigenvalue weighted by atomic mass is 10.1. The molecule has 0 spiro atoms. The van der Waals surface area contributed by atoms with Crippen molar-refractivity contribution in [1.82, 2.24) is 0 Å². The average molecular weight is 253 g/mol. The summed E-state index contributed by atoms with van der Waals surface area (Å²) in [6.45, 7) is 0.266. The van der Waals surface area contributed by atoms with Crippen LogP contribution in [0, 0.1) is 0 Å². The molecule has 5 heteroatoms. The van der Waals surface area contributed by atoms with Crippen LogP contribution < -0.4 is 5.73 Å². The van der Waals surface area contributed by atoms with Crippen LogP contribution >= 0.6 is 34.8 Å². The maximum absolute atomic E-state index is 9.47. The molecule has 0 aliphatic carbocycles. The Balaban J connectivity index is 3.16. The highest BCUT2D eigenvalue weighted by atomic mass is 35.5. The monoisotopic (exact) mass is 251 g/mol. The summed E-state index contributed by atoms with van der Waals surface area (Å²) >= 11 is 16.8. The van der Waals surface area contributed by atoms with Gasteiger partial charge in [0, 0.05) is 12.1 Å². The van der Waals surface area contributed by atoms with Crippen LogP contribution in [0.2, 0.25) is 0 Å². The topological polar surface area (TPSA) is 46.2 Å². The predicted octanol–water partition coefficient (Wildman–Crippen LogP) is 3.19. The number of phenolic OH excluding ortho intramolecular Hbond substituents is 1. The summed E-state index contributed by atoms with van der Waals surface area (Å²) in [5, 5.41) is 9.68. The van der Waals surface area contributed by atoms with Crippen molar-refractivity contribution in [3.8, 4) is 5.75 Å². The number of hydrogen-bond donors (Lipinski definition) is 2. The highest BCUT2D eigenvalue weighted by Gasteiger charge is 2.06. The zero-order valence-corrected chi connectivity index (χ0v) is 9.37. The first-order valence-electron chi connectivity index (χ1n) is 3.79. The molecule has 0 atom stereocenters. The molecule has 0 bridgehead atoms. The van der Waals surface area contributed by atoms with E-state index in [1.54, 1.807) is 12.1 Å². The Bertz CT molecular complexity index is 372. The maximum Gasteiger partial charge on any atom is 0.126 e. The molecule has 2 nitrogen and oxygen atoms in total. The number of nitrogens with two attached hydrogens (primary N) is 1. The van der Waals surface area contributed by atoms with E-state index >= 15 is 0 Å². The van der Waals surface area contributed by atoms with E-state index in [1.807, 2.05) is 0 Å². The van der Waals surface area contributed by atoms with Crippen molar-refractivity contribution in [2.24, 2.45) is 5.73 Å². The summed E-state index contributed by atoms with van der Waals surface area (Å²) in [5.74, 6) is 0.0812. The van der Waals surface area contributed by atoms with E-state index in [2.05, 4.69) is 0 Å². The van der Waals surface area contributed by atoms with Gasteiger partial charge in [-0.1, -0.05) is 46.9 Å². The van der Waals surface area contributed by atoms with Gasteiger partial charge in [0.15, 0.2) is 0 Å². The van der Waals surface area contributed by atoms with E-state index in [1.165, 1.54) is 6.07 Å². The summed E-state index contributed by atoms with van der Waals surface area (Å²) < 4.78 is -0.0356. The standard InChI is InChI=1S/C9H8Cl3NO/c10-8(9(11)12)5-1-2-6(4-13)7(14)3-5/h1-3,14H,4,13H2. The molecular formula is C9H8Cl3NO. The molecule has 1 aromatic rings. The highest BCUT2D eigenvalue weighted by Crippen LogP contribution is 2.30. The van der Waals surface area contributed by atoms with Crippen LogP contribution in [-0.2, 0) is 6.54 Å². The molecule has 0 aromatic heterocycles. The van der Waals surface area contributed by atoms with Gasteiger partial charge >= 0.3 is 0 Å². The zero-order chi connectivity index (χ0) is 10.7. The van der Waals surface area contributed by atoms with E-state index < -0.39 is 0 Å². The summed E-state index contributed by atoms with van der Waals surface area (Å²) in [5.41, 5.74) is 6.58. The predicted molar refractivity (Wildman–Crippen MR) is 60.5 cm³/mol. The molecule has 0 saturated carbocycles. The molecule has 0 amide bonds. The fourth-order valence-electron chi connectivity index (χ4n) is 0.982.